The van der Waals surface area contributed by atoms with Gasteiger partial charge in [0.25, 0.3) is 0 Å². The average molecular weight is 357 g/mol. The maximum Gasteiger partial charge on any atom is 0.0595 e. The average Bonchev–Trinajstić information content (AvgIpc) is 3.08. The third-order valence-electron chi connectivity index (χ3n) is 5.92. The maximum atomic E-state index is 6.33. The van der Waals surface area contributed by atoms with E-state index < -0.39 is 0 Å². The van der Waals surface area contributed by atoms with E-state index in [1.54, 1.807) is 11.8 Å². The normalized spacial score (nSPS) is 26.7. The Morgan fingerprint density at radius 2 is 1.42 bits per heavy atom. The molecule has 2 aliphatic carbocycles. The Hall–Kier alpha value is -0.980. The molecule has 2 unspecified atom stereocenters. The second-order valence-corrected chi connectivity index (χ2v) is 8.41. The lowest BCUT2D eigenvalue weighted by Crippen LogP contribution is -2.26. The van der Waals surface area contributed by atoms with Crippen molar-refractivity contribution in [2.24, 2.45) is 17.3 Å². The van der Waals surface area contributed by atoms with Crippen molar-refractivity contribution in [2.45, 2.75) is 33.1 Å². The SMILES string of the molecule is CC1(C)[C](c2ccccc2)C2CCCC2[C]1c1ccc(Cl)c(Cl)c1. The van der Waals surface area contributed by atoms with E-state index in [0.717, 1.165) is 0 Å². The molecule has 0 aromatic heterocycles. The van der Waals surface area contributed by atoms with Gasteiger partial charge < -0.3 is 0 Å². The van der Waals surface area contributed by atoms with E-state index in [1.165, 1.54) is 30.4 Å². The molecule has 0 aliphatic heterocycles. The van der Waals surface area contributed by atoms with Crippen LogP contribution in [0.1, 0.15) is 44.2 Å². The van der Waals surface area contributed by atoms with Gasteiger partial charge in [-0.25, -0.2) is 0 Å². The molecular weight excluding hydrogens is 335 g/mol. The Morgan fingerprint density at radius 3 is 2.04 bits per heavy atom. The summed E-state index contributed by atoms with van der Waals surface area (Å²) in [4.78, 5) is 0. The van der Waals surface area contributed by atoms with Crippen molar-refractivity contribution in [1.29, 1.82) is 0 Å². The van der Waals surface area contributed by atoms with E-state index in [1.807, 2.05) is 6.07 Å². The highest BCUT2D eigenvalue weighted by atomic mass is 35.5. The second-order valence-electron chi connectivity index (χ2n) is 7.59. The Balaban J connectivity index is 1.81. The minimum absolute atomic E-state index is 0.0499. The van der Waals surface area contributed by atoms with E-state index in [-0.39, 0.29) is 5.41 Å². The van der Waals surface area contributed by atoms with Gasteiger partial charge in [0.2, 0.25) is 0 Å². The van der Waals surface area contributed by atoms with Crippen molar-refractivity contribution >= 4 is 23.2 Å². The molecule has 0 heterocycles. The van der Waals surface area contributed by atoms with Crippen LogP contribution in [0.4, 0.5) is 0 Å². The third kappa shape index (κ3) is 2.50. The summed E-state index contributed by atoms with van der Waals surface area (Å²) in [7, 11) is 0. The Kier molecular flexibility index (Phi) is 4.17. The van der Waals surface area contributed by atoms with Crippen molar-refractivity contribution < 1.29 is 0 Å². The topological polar surface area (TPSA) is 0 Å². The summed E-state index contributed by atoms with van der Waals surface area (Å²) in [6.45, 7) is 4.76. The fourth-order valence-electron chi connectivity index (χ4n) is 5.15. The molecule has 2 aromatic carbocycles. The quantitative estimate of drug-likeness (QED) is 0.543. The number of hydrogen-bond acceptors (Lipinski definition) is 0. The zero-order valence-corrected chi connectivity index (χ0v) is 15.7. The first-order valence-corrected chi connectivity index (χ1v) is 9.51. The number of hydrogen-bond donors (Lipinski definition) is 0. The molecule has 2 atom stereocenters. The zero-order valence-electron chi connectivity index (χ0n) is 14.2. The summed E-state index contributed by atoms with van der Waals surface area (Å²) in [5, 5.41) is 1.28. The van der Waals surface area contributed by atoms with Crippen LogP contribution in [0, 0.1) is 29.1 Å². The van der Waals surface area contributed by atoms with E-state index in [0.29, 0.717) is 21.9 Å². The molecule has 0 spiro atoms. The van der Waals surface area contributed by atoms with Gasteiger partial charge in [0.15, 0.2) is 0 Å². The van der Waals surface area contributed by atoms with Crippen LogP contribution in [0.2, 0.25) is 10.0 Å². The van der Waals surface area contributed by atoms with E-state index in [2.05, 4.69) is 56.3 Å². The summed E-state index contributed by atoms with van der Waals surface area (Å²) in [5.74, 6) is 4.44. The fraction of sp³-hybridized carbons (Fsp3) is 0.364. The van der Waals surface area contributed by atoms with Crippen LogP contribution in [0.5, 0.6) is 0 Å². The van der Waals surface area contributed by atoms with Gasteiger partial charge in [0.1, 0.15) is 0 Å². The highest BCUT2D eigenvalue weighted by Crippen LogP contribution is 2.66. The summed E-state index contributed by atoms with van der Waals surface area (Å²) >= 11 is 12.5. The van der Waals surface area contributed by atoms with Crippen LogP contribution < -0.4 is 0 Å². The highest BCUT2D eigenvalue weighted by Gasteiger charge is 2.57. The number of benzene rings is 2. The molecule has 0 nitrogen and oxygen atoms in total. The van der Waals surface area contributed by atoms with Gasteiger partial charge >= 0.3 is 0 Å². The molecule has 2 radical (unpaired) electrons. The predicted molar refractivity (Wildman–Crippen MR) is 102 cm³/mol. The number of rotatable bonds is 2. The molecule has 4 rings (SSSR count). The maximum absolute atomic E-state index is 6.33. The van der Waals surface area contributed by atoms with Crippen molar-refractivity contribution in [3.8, 4) is 0 Å². The van der Waals surface area contributed by atoms with Gasteiger partial charge in [0, 0.05) is 11.8 Å². The van der Waals surface area contributed by atoms with Crippen molar-refractivity contribution in [3.05, 3.63) is 81.5 Å². The van der Waals surface area contributed by atoms with E-state index in [4.69, 9.17) is 23.2 Å². The molecule has 0 N–H and O–H groups in total. The highest BCUT2D eigenvalue weighted by molar-refractivity contribution is 6.42. The first-order chi connectivity index (χ1) is 11.5. The van der Waals surface area contributed by atoms with Crippen LogP contribution >= 0.6 is 23.2 Å². The largest absolute Gasteiger partial charge is 0.0827 e. The molecular formula is C22H22Cl2. The zero-order chi connectivity index (χ0) is 16.9. The van der Waals surface area contributed by atoms with Gasteiger partial charge in [-0.15, -0.1) is 0 Å². The van der Waals surface area contributed by atoms with Crippen LogP contribution in [-0.2, 0) is 0 Å². The van der Waals surface area contributed by atoms with Gasteiger partial charge in [-0.05, 0) is 53.4 Å². The first-order valence-electron chi connectivity index (χ1n) is 8.75. The molecule has 2 saturated carbocycles. The van der Waals surface area contributed by atoms with Crippen LogP contribution in [0.3, 0.4) is 0 Å². The summed E-state index contributed by atoms with van der Waals surface area (Å²) in [6.07, 6.45) is 3.88. The van der Waals surface area contributed by atoms with Gasteiger partial charge in [-0.2, -0.15) is 0 Å². The van der Waals surface area contributed by atoms with Crippen LogP contribution in [0.25, 0.3) is 0 Å². The lowest BCUT2D eigenvalue weighted by atomic mass is 9.68. The Morgan fingerprint density at radius 1 is 0.792 bits per heavy atom. The van der Waals surface area contributed by atoms with Crippen LogP contribution in [-0.4, -0.2) is 0 Å². The summed E-state index contributed by atoms with van der Waals surface area (Å²) in [6, 6.07) is 17.1. The molecule has 2 aliphatic rings. The lowest BCUT2D eigenvalue weighted by Gasteiger charge is -2.35. The second kappa shape index (κ2) is 6.07. The number of fused-ring (bicyclic) bond motifs is 1. The lowest BCUT2D eigenvalue weighted by molar-refractivity contribution is 0.436. The molecule has 0 amide bonds. The number of halogens is 2. The van der Waals surface area contributed by atoms with Crippen molar-refractivity contribution in [3.63, 3.8) is 0 Å². The molecule has 124 valence electrons. The van der Waals surface area contributed by atoms with Crippen molar-refractivity contribution in [1.82, 2.24) is 0 Å². The molecule has 2 heteroatoms. The molecule has 0 bridgehead atoms. The monoisotopic (exact) mass is 356 g/mol. The molecule has 2 fully saturated rings. The van der Waals surface area contributed by atoms with Gasteiger partial charge in [-0.1, -0.05) is 79.9 Å². The molecule has 24 heavy (non-hydrogen) atoms. The Labute approximate surface area is 155 Å². The molecule has 2 aromatic rings. The Bertz CT molecular complexity index is 735. The first kappa shape index (κ1) is 16.5. The third-order valence-corrected chi connectivity index (χ3v) is 6.66. The minimum Gasteiger partial charge on any atom is -0.0827 e. The molecule has 0 saturated heterocycles. The van der Waals surface area contributed by atoms with E-state index in [9.17, 15) is 0 Å². The fourth-order valence-corrected chi connectivity index (χ4v) is 5.45. The van der Waals surface area contributed by atoms with Gasteiger partial charge in [0.05, 0.1) is 10.0 Å². The van der Waals surface area contributed by atoms with E-state index >= 15 is 0 Å². The smallest absolute Gasteiger partial charge is 0.0595 e. The summed E-state index contributed by atoms with van der Waals surface area (Å²) in [5.41, 5.74) is 2.71. The standard InChI is InChI=1S/C22H22Cl2/c1-22(2)20(14-7-4-3-5-8-14)16-9-6-10-17(16)21(22)15-11-12-18(23)19(24)13-15/h3-5,7-8,11-13,16-17H,6,9-10H2,1-2H3. The van der Waals surface area contributed by atoms with Crippen LogP contribution in [0.15, 0.2) is 48.5 Å². The van der Waals surface area contributed by atoms with Gasteiger partial charge in [-0.3, -0.25) is 0 Å². The predicted octanol–water partition coefficient (Wildman–Crippen LogP) is 6.99. The minimum atomic E-state index is 0.0499. The summed E-state index contributed by atoms with van der Waals surface area (Å²) < 4.78 is 0. The van der Waals surface area contributed by atoms with Crippen molar-refractivity contribution in [2.75, 3.05) is 0 Å².